The molecule has 0 aromatic carbocycles. The van der Waals surface area contributed by atoms with Crippen molar-refractivity contribution in [3.8, 4) is 0 Å². The van der Waals surface area contributed by atoms with Crippen LogP contribution in [0.15, 0.2) is 0 Å². The van der Waals surface area contributed by atoms with Crippen LogP contribution in [0.4, 0.5) is 0 Å². The largest absolute Gasteiger partial charge is 0.319 e. The van der Waals surface area contributed by atoms with Gasteiger partial charge in [0.2, 0.25) is 0 Å². The molecular formula is C21H48ArN+. The van der Waals surface area contributed by atoms with Crippen molar-refractivity contribution >= 4 is 0 Å². The fraction of sp³-hybridized carbons (Fsp3) is 1.00. The molecule has 144 valence electrons. The minimum Gasteiger partial charge on any atom is -0.319 e. The van der Waals surface area contributed by atoms with Crippen LogP contribution in [0.2, 0.25) is 0 Å². The zero-order chi connectivity index (χ0) is 19.0. The topological polar surface area (TPSA) is 0 Å². The molecule has 0 spiro atoms. The molecule has 2 atom stereocenters. The fourth-order valence-corrected chi connectivity index (χ4v) is 5.91. The Morgan fingerprint density at radius 3 is 0.783 bits per heavy atom. The number of nitrogens with zero attached hydrogens (tertiary/aromatic N) is 1. The molecule has 0 aromatic heterocycles. The Morgan fingerprint density at radius 2 is 0.652 bits per heavy atom. The van der Waals surface area contributed by atoms with E-state index in [1.165, 1.54) is 0 Å². The van der Waals surface area contributed by atoms with E-state index >= 15 is 0 Å². The Morgan fingerprint density at radius 1 is 0.478 bits per heavy atom. The molecular weight excluding hydrogens is 306 g/mol. The van der Waals surface area contributed by atoms with Crippen LogP contribution in [0.5, 0.6) is 0 Å². The molecule has 2 rings (SSSR count). The van der Waals surface area contributed by atoms with E-state index in [4.69, 9.17) is 0 Å². The first-order chi connectivity index (χ1) is 9.75. The number of likely N-dealkylation sites (tertiary alicyclic amines) is 1. The number of fused-ring (bicyclic) bond motifs is 1. The van der Waals surface area contributed by atoms with E-state index in [0.717, 1.165) is 4.48 Å². The Kier molecular flexibility index (Phi) is 10.4. The van der Waals surface area contributed by atoms with Crippen LogP contribution in [-0.4, -0.2) is 29.7 Å². The predicted molar refractivity (Wildman–Crippen MR) is 104 cm³/mol. The summed E-state index contributed by atoms with van der Waals surface area (Å²) in [7, 11) is 4.83. The van der Waals surface area contributed by atoms with Crippen LogP contribution < -0.4 is 0 Å². The molecule has 2 aliphatic rings. The fourth-order valence-electron chi connectivity index (χ4n) is 5.91. The summed E-state index contributed by atoms with van der Waals surface area (Å²) in [6.45, 7) is 31.8. The molecule has 0 unspecified atom stereocenters. The van der Waals surface area contributed by atoms with Crippen molar-refractivity contribution in [3.05, 3.63) is 0 Å². The molecule has 0 radical (unpaired) electrons. The van der Waals surface area contributed by atoms with Gasteiger partial charge < -0.3 is 4.48 Å². The van der Waals surface area contributed by atoms with Crippen molar-refractivity contribution in [2.24, 2.45) is 16.2 Å². The van der Waals surface area contributed by atoms with Gasteiger partial charge in [0, 0.05) is 48.6 Å². The third-order valence-electron chi connectivity index (χ3n) is 8.68. The molecule has 1 saturated carbocycles. The van der Waals surface area contributed by atoms with E-state index in [1.807, 2.05) is 41.5 Å². The van der Waals surface area contributed by atoms with E-state index in [-0.39, 0.29) is 37.7 Å². The third kappa shape index (κ3) is 2.70. The summed E-state index contributed by atoms with van der Waals surface area (Å²) in [5.41, 5.74) is 1.96. The maximum atomic E-state index is 2.52. The second-order valence-electron chi connectivity index (χ2n) is 8.45. The number of quaternary nitrogens is 1. The normalized spacial score (nSPS) is 35.5. The third-order valence-corrected chi connectivity index (χ3v) is 8.68. The first-order valence-electron chi connectivity index (χ1n) is 9.59. The van der Waals surface area contributed by atoms with Crippen LogP contribution in [0.3, 0.4) is 0 Å². The molecule has 0 amide bonds. The van der Waals surface area contributed by atoms with E-state index < -0.39 is 0 Å². The minimum atomic E-state index is 0. The average Bonchev–Trinajstić information content (AvgIpc) is 2.84. The average molecular weight is 355 g/mol. The van der Waals surface area contributed by atoms with Gasteiger partial charge in [0.1, 0.15) is 11.1 Å². The molecule has 2 fully saturated rings. The standard InChI is InChI=1S/C15H30N.3C2H6.Ar/c1-11(2)14(7)12(3,4)16(9,10)13(5,6)15(11,14)8;3*1-2;/h1-10H3;3*1-2H3;/q+1;;;;/t14-,15+;;;;. The summed E-state index contributed by atoms with van der Waals surface area (Å²) in [5.74, 6) is 0. The van der Waals surface area contributed by atoms with Crippen LogP contribution in [0, 0.1) is 54.0 Å². The summed E-state index contributed by atoms with van der Waals surface area (Å²) < 4.78 is 1.12. The summed E-state index contributed by atoms with van der Waals surface area (Å²) in [6, 6.07) is 0. The van der Waals surface area contributed by atoms with E-state index in [0.29, 0.717) is 27.3 Å². The minimum absolute atomic E-state index is 0. The summed E-state index contributed by atoms with van der Waals surface area (Å²) in [5, 5.41) is 0. The van der Waals surface area contributed by atoms with Gasteiger partial charge in [-0.2, -0.15) is 0 Å². The summed E-state index contributed by atoms with van der Waals surface area (Å²) in [4.78, 5) is 0. The number of hydrogen-bond acceptors (Lipinski definition) is 0. The molecule has 0 aromatic rings. The maximum absolute atomic E-state index is 2.52. The zero-order valence-corrected chi connectivity index (χ0v) is 20.0. The molecule has 0 bridgehead atoms. The van der Waals surface area contributed by atoms with Gasteiger partial charge in [0.15, 0.2) is 0 Å². The molecule has 1 saturated heterocycles. The van der Waals surface area contributed by atoms with Crippen molar-refractivity contribution in [1.29, 1.82) is 0 Å². The number of hydrogen-bond donors (Lipinski definition) is 0. The SMILES string of the molecule is CC.CC.CC.CC1(C)[C@@]2(C)C(C)(C)[N+](C)(C)C(C)(C)[C@@]12C.[Ar]. The van der Waals surface area contributed by atoms with Crippen molar-refractivity contribution in [1.82, 2.24) is 0 Å². The van der Waals surface area contributed by atoms with Gasteiger partial charge in [0.25, 0.3) is 0 Å². The smallest absolute Gasteiger partial charge is 0.100 e. The Labute approximate surface area is 179 Å². The van der Waals surface area contributed by atoms with Crippen molar-refractivity contribution in [2.45, 2.75) is 108 Å². The van der Waals surface area contributed by atoms with Crippen LogP contribution >= 0.6 is 0 Å². The van der Waals surface area contributed by atoms with Gasteiger partial charge in [-0.25, -0.2) is 0 Å². The Hall–Kier alpha value is 1.22. The van der Waals surface area contributed by atoms with Gasteiger partial charge in [0.05, 0.1) is 14.1 Å². The summed E-state index contributed by atoms with van der Waals surface area (Å²) >= 11 is 0. The van der Waals surface area contributed by atoms with Gasteiger partial charge in [-0.15, -0.1) is 0 Å². The van der Waals surface area contributed by atoms with E-state index in [9.17, 15) is 0 Å². The van der Waals surface area contributed by atoms with Gasteiger partial charge in [-0.1, -0.05) is 69.2 Å². The van der Waals surface area contributed by atoms with Crippen molar-refractivity contribution in [2.75, 3.05) is 14.1 Å². The molecule has 23 heavy (non-hydrogen) atoms. The molecule has 1 aliphatic heterocycles. The monoisotopic (exact) mass is 354 g/mol. The molecule has 2 heteroatoms. The van der Waals surface area contributed by atoms with Crippen molar-refractivity contribution in [3.63, 3.8) is 0 Å². The molecule has 1 heterocycles. The van der Waals surface area contributed by atoms with E-state index in [2.05, 4.69) is 69.5 Å². The van der Waals surface area contributed by atoms with Gasteiger partial charge >= 0.3 is 0 Å². The predicted octanol–water partition coefficient (Wildman–Crippen LogP) is 6.76. The number of rotatable bonds is 0. The first kappa shape index (κ1) is 29.0. The van der Waals surface area contributed by atoms with Gasteiger partial charge in [-0.3, -0.25) is 0 Å². The Balaban J connectivity index is -0.000000514. The van der Waals surface area contributed by atoms with Crippen LogP contribution in [-0.2, 0) is 0 Å². The van der Waals surface area contributed by atoms with E-state index in [1.54, 1.807) is 0 Å². The van der Waals surface area contributed by atoms with Crippen LogP contribution in [0.25, 0.3) is 0 Å². The van der Waals surface area contributed by atoms with Crippen molar-refractivity contribution < 1.29 is 42.2 Å². The second-order valence-corrected chi connectivity index (χ2v) is 8.45. The second kappa shape index (κ2) is 8.28. The molecule has 0 N–H and O–H groups in total. The first-order valence-corrected chi connectivity index (χ1v) is 9.59. The van der Waals surface area contributed by atoms with Crippen LogP contribution in [0.1, 0.15) is 96.9 Å². The maximum Gasteiger partial charge on any atom is 0.100 e. The Bertz CT molecular complexity index is 336. The molecule has 1 aliphatic carbocycles. The molecule has 1 nitrogen and oxygen atoms in total. The zero-order valence-electron chi connectivity index (χ0n) is 19.3. The quantitative estimate of drug-likeness (QED) is 0.421. The summed E-state index contributed by atoms with van der Waals surface area (Å²) in [6.07, 6.45) is 0. The van der Waals surface area contributed by atoms with Gasteiger partial charge in [-0.05, 0) is 33.1 Å². The number of piperidine rings is 1.